The van der Waals surface area contributed by atoms with Gasteiger partial charge in [0.2, 0.25) is 17.8 Å². The van der Waals surface area contributed by atoms with Crippen LogP contribution in [-0.4, -0.2) is 60.2 Å². The van der Waals surface area contributed by atoms with E-state index in [0.717, 1.165) is 18.4 Å². The Balaban J connectivity index is 1.59. The number of carbonyl (C=O) groups is 2. The number of aromatic nitrogens is 2. The van der Waals surface area contributed by atoms with Crippen molar-refractivity contribution in [1.29, 1.82) is 0 Å². The molecular formula is C25H27FN4O4. The van der Waals surface area contributed by atoms with Gasteiger partial charge in [0.05, 0.1) is 12.8 Å². The van der Waals surface area contributed by atoms with Gasteiger partial charge in [0, 0.05) is 31.1 Å². The van der Waals surface area contributed by atoms with Gasteiger partial charge in [0.15, 0.2) is 0 Å². The van der Waals surface area contributed by atoms with Gasteiger partial charge in [-0.25, -0.2) is 9.37 Å². The Bertz CT molecular complexity index is 1140. The number of nitrogens with one attached hydrogen (secondary N) is 1. The Morgan fingerprint density at radius 2 is 1.82 bits per heavy atom. The fraction of sp³-hybridized carbons (Fsp3) is 0.320. The van der Waals surface area contributed by atoms with E-state index in [2.05, 4.69) is 10.3 Å². The Kier molecular flexibility index (Phi) is 7.22. The highest BCUT2D eigenvalue weighted by atomic mass is 19.1. The van der Waals surface area contributed by atoms with Crippen LogP contribution in [0.3, 0.4) is 0 Å². The number of hydrogen-bond donors (Lipinski definition) is 1. The van der Waals surface area contributed by atoms with Crippen molar-refractivity contribution in [2.45, 2.75) is 12.8 Å². The molecule has 34 heavy (non-hydrogen) atoms. The average Bonchev–Trinajstić information content (AvgIpc) is 3.57. The number of imidazole rings is 1. The summed E-state index contributed by atoms with van der Waals surface area (Å²) in [5.74, 6) is 0.444. The third kappa shape index (κ3) is 5.79. The Morgan fingerprint density at radius 1 is 1.12 bits per heavy atom. The smallest absolute Gasteiger partial charge is 0.249 e. The quantitative estimate of drug-likeness (QED) is 0.494. The number of hydrogen-bond acceptors (Lipinski definition) is 5. The minimum atomic E-state index is -0.375. The van der Waals surface area contributed by atoms with Crippen molar-refractivity contribution < 1.29 is 23.5 Å². The second-order valence-corrected chi connectivity index (χ2v) is 8.22. The third-order valence-corrected chi connectivity index (χ3v) is 5.58. The molecule has 0 aliphatic heterocycles. The molecule has 1 aliphatic rings. The van der Waals surface area contributed by atoms with Crippen molar-refractivity contribution in [3.8, 4) is 22.7 Å². The van der Waals surface area contributed by atoms with Gasteiger partial charge >= 0.3 is 0 Å². The fourth-order valence-electron chi connectivity index (χ4n) is 3.59. The zero-order chi connectivity index (χ0) is 24.1. The predicted octanol–water partition coefficient (Wildman–Crippen LogP) is 3.51. The summed E-state index contributed by atoms with van der Waals surface area (Å²) >= 11 is 0. The van der Waals surface area contributed by atoms with Gasteiger partial charge in [-0.2, -0.15) is 0 Å². The number of halogens is 1. The van der Waals surface area contributed by atoms with E-state index in [-0.39, 0.29) is 36.7 Å². The summed E-state index contributed by atoms with van der Waals surface area (Å²) in [7, 11) is 3.04. The maximum atomic E-state index is 13.5. The molecule has 0 bridgehead atoms. The number of benzene rings is 2. The van der Waals surface area contributed by atoms with Gasteiger partial charge in [-0.3, -0.25) is 19.5 Å². The molecular weight excluding hydrogens is 439 g/mol. The molecule has 1 heterocycles. The first-order chi connectivity index (χ1) is 16.5. The maximum Gasteiger partial charge on any atom is 0.249 e. The van der Waals surface area contributed by atoms with Gasteiger partial charge in [-0.15, -0.1) is 0 Å². The molecule has 1 aliphatic carbocycles. The molecule has 0 saturated heterocycles. The fourth-order valence-corrected chi connectivity index (χ4v) is 3.59. The first-order valence-electron chi connectivity index (χ1n) is 11.0. The molecule has 2 aromatic carbocycles. The van der Waals surface area contributed by atoms with Crippen molar-refractivity contribution >= 4 is 17.8 Å². The van der Waals surface area contributed by atoms with Crippen molar-refractivity contribution in [3.05, 3.63) is 60.5 Å². The van der Waals surface area contributed by atoms with E-state index >= 15 is 0 Å². The molecule has 0 radical (unpaired) electrons. The maximum absolute atomic E-state index is 13.5. The van der Waals surface area contributed by atoms with Crippen LogP contribution in [0.4, 0.5) is 10.3 Å². The number of amides is 2. The number of anilines is 1. The molecule has 9 heteroatoms. The lowest BCUT2D eigenvalue weighted by molar-refractivity contribution is -0.138. The largest absolute Gasteiger partial charge is 0.497 e. The van der Waals surface area contributed by atoms with Crippen LogP contribution in [0.15, 0.2) is 54.7 Å². The summed E-state index contributed by atoms with van der Waals surface area (Å²) in [5, 5.41) is 2.82. The number of carbonyl (C=O) groups excluding carboxylic acids is 2. The van der Waals surface area contributed by atoms with Crippen LogP contribution in [-0.2, 0) is 14.3 Å². The monoisotopic (exact) mass is 466 g/mol. The minimum Gasteiger partial charge on any atom is -0.497 e. The van der Waals surface area contributed by atoms with Crippen molar-refractivity contribution in [1.82, 2.24) is 14.5 Å². The Morgan fingerprint density at radius 3 is 2.44 bits per heavy atom. The van der Waals surface area contributed by atoms with Crippen LogP contribution in [0.1, 0.15) is 12.8 Å². The molecule has 8 nitrogen and oxygen atoms in total. The molecule has 1 saturated carbocycles. The van der Waals surface area contributed by atoms with Crippen LogP contribution in [0.5, 0.6) is 5.75 Å². The molecule has 0 unspecified atom stereocenters. The van der Waals surface area contributed by atoms with E-state index in [1.54, 1.807) is 30.0 Å². The van der Waals surface area contributed by atoms with Crippen molar-refractivity contribution in [3.63, 3.8) is 0 Å². The molecule has 1 aromatic heterocycles. The highest BCUT2D eigenvalue weighted by Gasteiger charge is 2.28. The zero-order valence-electron chi connectivity index (χ0n) is 19.2. The number of methoxy groups -OCH3 is 2. The van der Waals surface area contributed by atoms with E-state index < -0.39 is 0 Å². The SMILES string of the molecule is COCC(=O)N(CC(=O)Nc1nc(-c2ccc(OC)cc2)cn1-c1ccc(F)cc1)CC1CC1. The highest BCUT2D eigenvalue weighted by molar-refractivity contribution is 5.94. The molecule has 3 aromatic rings. The second kappa shape index (κ2) is 10.5. The molecule has 2 amide bonds. The van der Waals surface area contributed by atoms with E-state index in [9.17, 15) is 14.0 Å². The number of ether oxygens (including phenoxy) is 2. The summed E-state index contributed by atoms with van der Waals surface area (Å²) in [5.41, 5.74) is 2.07. The van der Waals surface area contributed by atoms with E-state index in [1.807, 2.05) is 24.3 Å². The van der Waals surface area contributed by atoms with Gasteiger partial charge in [-0.1, -0.05) is 0 Å². The normalized spacial score (nSPS) is 12.9. The lowest BCUT2D eigenvalue weighted by Crippen LogP contribution is -2.41. The van der Waals surface area contributed by atoms with Gasteiger partial charge in [-0.05, 0) is 67.3 Å². The summed E-state index contributed by atoms with van der Waals surface area (Å²) in [4.78, 5) is 31.5. The van der Waals surface area contributed by atoms with E-state index in [0.29, 0.717) is 29.6 Å². The topological polar surface area (TPSA) is 85.7 Å². The van der Waals surface area contributed by atoms with Crippen molar-refractivity contribution in [2.75, 3.05) is 39.2 Å². The summed E-state index contributed by atoms with van der Waals surface area (Å²) in [6.07, 6.45) is 3.87. The first kappa shape index (κ1) is 23.4. The lowest BCUT2D eigenvalue weighted by atomic mass is 10.1. The summed E-state index contributed by atoms with van der Waals surface area (Å²) in [6.45, 7) is 0.345. The van der Waals surface area contributed by atoms with E-state index in [4.69, 9.17) is 9.47 Å². The van der Waals surface area contributed by atoms with Crippen LogP contribution < -0.4 is 10.1 Å². The first-order valence-corrected chi connectivity index (χ1v) is 11.0. The van der Waals surface area contributed by atoms with Crippen LogP contribution in [0, 0.1) is 11.7 Å². The summed E-state index contributed by atoms with van der Waals surface area (Å²) in [6, 6.07) is 13.3. The zero-order valence-corrected chi connectivity index (χ0v) is 19.2. The number of nitrogens with zero attached hydrogens (tertiary/aromatic N) is 3. The second-order valence-electron chi connectivity index (χ2n) is 8.22. The lowest BCUT2D eigenvalue weighted by Gasteiger charge is -2.21. The minimum absolute atomic E-state index is 0.0776. The van der Waals surface area contributed by atoms with E-state index in [1.165, 1.54) is 24.1 Å². The van der Waals surface area contributed by atoms with Crippen LogP contribution in [0.2, 0.25) is 0 Å². The average molecular weight is 467 g/mol. The molecule has 1 fully saturated rings. The highest BCUT2D eigenvalue weighted by Crippen LogP contribution is 2.30. The van der Waals surface area contributed by atoms with Gasteiger partial charge in [0.1, 0.15) is 24.7 Å². The Hall–Kier alpha value is -3.72. The standard InChI is InChI=1S/C25H27FN4O4/c1-33-16-24(32)29(13-17-3-4-17)15-23(31)28-25-27-22(18-5-11-21(34-2)12-6-18)14-30(25)20-9-7-19(26)8-10-20/h5-12,14,17H,3-4,13,15-16H2,1-2H3,(H,27,28,31). The molecule has 4 rings (SSSR count). The molecule has 0 atom stereocenters. The van der Waals surface area contributed by atoms with Crippen LogP contribution >= 0.6 is 0 Å². The number of rotatable bonds is 10. The Labute approximate surface area is 197 Å². The van der Waals surface area contributed by atoms with Crippen LogP contribution in [0.25, 0.3) is 16.9 Å². The molecule has 178 valence electrons. The third-order valence-electron chi connectivity index (χ3n) is 5.58. The van der Waals surface area contributed by atoms with Crippen molar-refractivity contribution in [2.24, 2.45) is 5.92 Å². The summed E-state index contributed by atoms with van der Waals surface area (Å²) < 4.78 is 25.3. The predicted molar refractivity (Wildman–Crippen MR) is 125 cm³/mol. The van der Waals surface area contributed by atoms with Gasteiger partial charge in [0.25, 0.3) is 0 Å². The molecule has 0 spiro atoms. The van der Waals surface area contributed by atoms with Gasteiger partial charge < -0.3 is 14.4 Å². The molecule has 1 N–H and O–H groups in total.